The van der Waals surface area contributed by atoms with E-state index in [1.165, 1.54) is 154 Å². The molecule has 0 aliphatic heterocycles. The molecule has 0 aromatic carbocycles. The maximum absolute atomic E-state index is 12.4. The molecular formula is C43H84N2O4. The number of nitrogens with two attached hydrogens (primary N) is 1. The van der Waals surface area contributed by atoms with Gasteiger partial charge in [-0.25, -0.2) is 0 Å². The lowest BCUT2D eigenvalue weighted by Gasteiger charge is -2.25. The summed E-state index contributed by atoms with van der Waals surface area (Å²) in [6.07, 6.45) is 43.9. The molecule has 0 saturated carbocycles. The van der Waals surface area contributed by atoms with Gasteiger partial charge >= 0.3 is 0 Å². The summed E-state index contributed by atoms with van der Waals surface area (Å²) < 4.78 is 18.0. The van der Waals surface area contributed by atoms with Gasteiger partial charge in [0, 0.05) is 19.8 Å². The van der Waals surface area contributed by atoms with Crippen LogP contribution in [0.25, 0.3) is 0 Å². The smallest absolute Gasteiger partial charge is 0.249 e. The zero-order valence-electron chi connectivity index (χ0n) is 33.0. The summed E-state index contributed by atoms with van der Waals surface area (Å²) in [6.45, 7) is 7.30. The Kier molecular flexibility index (Phi) is 40.2. The van der Waals surface area contributed by atoms with E-state index < -0.39 is 18.1 Å². The standard InChI is InChI=1S/C43H84N2O4/c1-4-6-8-10-12-14-16-18-20-22-24-26-28-30-32-34-37-48-41(40-47-39-36-45-3)42(43(44)46)49-38-35-33-31-29-27-25-23-21-19-17-15-13-11-9-7-5-2/h18-21,41-42,45H,4-17,22-40H2,1-3H3,(H2,44,46)/b20-18-,21-19-. The van der Waals surface area contributed by atoms with Gasteiger partial charge in [0.05, 0.1) is 13.2 Å². The van der Waals surface area contributed by atoms with Crippen molar-refractivity contribution in [3.63, 3.8) is 0 Å². The molecule has 0 bridgehead atoms. The number of allylic oxidation sites excluding steroid dienone is 4. The predicted octanol–water partition coefficient (Wildman–Crippen LogP) is 11.6. The second kappa shape index (κ2) is 41.2. The molecule has 0 aliphatic rings. The Morgan fingerprint density at radius 1 is 0.531 bits per heavy atom. The van der Waals surface area contributed by atoms with Gasteiger partial charge in [0.25, 0.3) is 0 Å². The van der Waals surface area contributed by atoms with Crippen molar-refractivity contribution in [1.82, 2.24) is 5.32 Å². The molecule has 0 aromatic rings. The summed E-state index contributed by atoms with van der Waals surface area (Å²) in [4.78, 5) is 12.4. The third-order valence-electron chi connectivity index (χ3n) is 9.34. The van der Waals surface area contributed by atoms with Gasteiger partial charge in [0.1, 0.15) is 6.10 Å². The molecule has 2 atom stereocenters. The molecule has 0 heterocycles. The number of carbonyl (C=O) groups is 1. The van der Waals surface area contributed by atoms with Crippen LogP contribution < -0.4 is 11.1 Å². The average Bonchev–Trinajstić information content (AvgIpc) is 3.10. The van der Waals surface area contributed by atoms with Crippen LogP contribution in [0.3, 0.4) is 0 Å². The molecule has 3 N–H and O–H groups in total. The number of primary amides is 1. The zero-order chi connectivity index (χ0) is 35.7. The summed E-state index contributed by atoms with van der Waals surface area (Å²) in [7, 11) is 1.90. The van der Waals surface area contributed by atoms with E-state index in [9.17, 15) is 4.79 Å². The van der Waals surface area contributed by atoms with Gasteiger partial charge in [-0.3, -0.25) is 4.79 Å². The first-order valence-electron chi connectivity index (χ1n) is 21.2. The first-order valence-corrected chi connectivity index (χ1v) is 21.2. The molecule has 49 heavy (non-hydrogen) atoms. The van der Waals surface area contributed by atoms with E-state index in [0.29, 0.717) is 26.4 Å². The fraction of sp³-hybridized carbons (Fsp3) is 0.884. The molecule has 0 aromatic heterocycles. The molecule has 6 heteroatoms. The lowest BCUT2D eigenvalue weighted by atomic mass is 10.1. The Hall–Kier alpha value is -1.21. The van der Waals surface area contributed by atoms with E-state index in [2.05, 4.69) is 43.5 Å². The molecular weight excluding hydrogens is 608 g/mol. The topological polar surface area (TPSA) is 82.8 Å². The largest absolute Gasteiger partial charge is 0.377 e. The maximum atomic E-state index is 12.4. The molecule has 290 valence electrons. The fourth-order valence-electron chi connectivity index (χ4n) is 6.11. The van der Waals surface area contributed by atoms with Gasteiger partial charge in [0.15, 0.2) is 6.10 Å². The quantitative estimate of drug-likeness (QED) is 0.0492. The van der Waals surface area contributed by atoms with E-state index in [1.807, 2.05) is 7.05 Å². The van der Waals surface area contributed by atoms with Crippen LogP contribution in [-0.2, 0) is 19.0 Å². The number of likely N-dealkylation sites (N-methyl/N-ethyl adjacent to an activating group) is 1. The van der Waals surface area contributed by atoms with Crippen LogP contribution in [0.2, 0.25) is 0 Å². The molecule has 1 amide bonds. The highest BCUT2D eigenvalue weighted by Gasteiger charge is 2.28. The summed E-state index contributed by atoms with van der Waals surface area (Å²) >= 11 is 0. The highest BCUT2D eigenvalue weighted by Crippen LogP contribution is 2.14. The molecule has 2 unspecified atom stereocenters. The highest BCUT2D eigenvalue weighted by atomic mass is 16.6. The molecule has 0 fully saturated rings. The molecule has 6 nitrogen and oxygen atoms in total. The summed E-state index contributed by atoms with van der Waals surface area (Å²) in [5, 5.41) is 3.09. The van der Waals surface area contributed by atoms with Crippen LogP contribution in [0.4, 0.5) is 0 Å². The van der Waals surface area contributed by atoms with Gasteiger partial charge in [-0.2, -0.15) is 0 Å². The van der Waals surface area contributed by atoms with Crippen LogP contribution >= 0.6 is 0 Å². The third-order valence-corrected chi connectivity index (χ3v) is 9.34. The maximum Gasteiger partial charge on any atom is 0.249 e. The number of amides is 1. The van der Waals surface area contributed by atoms with Crippen LogP contribution in [0.1, 0.15) is 194 Å². The first-order chi connectivity index (χ1) is 24.2. The molecule has 0 saturated heterocycles. The molecule has 0 spiro atoms. The molecule has 0 aliphatic carbocycles. The van der Waals surface area contributed by atoms with Crippen molar-refractivity contribution >= 4 is 5.91 Å². The predicted molar refractivity (Wildman–Crippen MR) is 212 cm³/mol. The Morgan fingerprint density at radius 2 is 0.898 bits per heavy atom. The van der Waals surface area contributed by atoms with Crippen LogP contribution in [0.15, 0.2) is 24.3 Å². The summed E-state index contributed by atoms with van der Waals surface area (Å²) in [6, 6.07) is 0. The summed E-state index contributed by atoms with van der Waals surface area (Å²) in [5.41, 5.74) is 5.78. The van der Waals surface area contributed by atoms with Crippen LogP contribution in [0.5, 0.6) is 0 Å². The van der Waals surface area contributed by atoms with Gasteiger partial charge < -0.3 is 25.3 Å². The Labute approximate surface area is 305 Å². The number of hydrogen-bond donors (Lipinski definition) is 2. The van der Waals surface area contributed by atoms with E-state index in [0.717, 1.165) is 32.2 Å². The number of carbonyl (C=O) groups excluding carboxylic acids is 1. The molecule has 0 rings (SSSR count). The monoisotopic (exact) mass is 693 g/mol. The minimum Gasteiger partial charge on any atom is -0.377 e. The first kappa shape index (κ1) is 47.8. The van der Waals surface area contributed by atoms with Crippen molar-refractivity contribution in [2.75, 3.05) is 40.0 Å². The SMILES string of the molecule is CCCCCCCC/C=C\CCCCCCCCOC(COCCNC)C(OCCCCCCCC/C=C\CCCCCCCC)C(N)=O. The Bertz CT molecular complexity index is 714. The average molecular weight is 693 g/mol. The van der Waals surface area contributed by atoms with Crippen molar-refractivity contribution in [2.45, 2.75) is 206 Å². The van der Waals surface area contributed by atoms with Crippen LogP contribution in [-0.4, -0.2) is 58.1 Å². The Morgan fingerprint density at radius 3 is 1.29 bits per heavy atom. The number of unbranched alkanes of at least 4 members (excludes halogenated alkanes) is 24. The number of rotatable bonds is 41. The van der Waals surface area contributed by atoms with E-state index in [-0.39, 0.29) is 0 Å². The van der Waals surface area contributed by atoms with Gasteiger partial charge in [-0.15, -0.1) is 0 Å². The van der Waals surface area contributed by atoms with Gasteiger partial charge in [-0.05, 0) is 71.3 Å². The van der Waals surface area contributed by atoms with Crippen molar-refractivity contribution in [2.24, 2.45) is 5.73 Å². The fourth-order valence-corrected chi connectivity index (χ4v) is 6.11. The third kappa shape index (κ3) is 36.4. The van der Waals surface area contributed by atoms with E-state index >= 15 is 0 Å². The van der Waals surface area contributed by atoms with E-state index in [1.54, 1.807) is 0 Å². The lowest BCUT2D eigenvalue weighted by molar-refractivity contribution is -0.147. The lowest BCUT2D eigenvalue weighted by Crippen LogP contribution is -2.45. The van der Waals surface area contributed by atoms with Gasteiger partial charge in [-0.1, -0.05) is 154 Å². The summed E-state index contributed by atoms with van der Waals surface area (Å²) in [5.74, 6) is -0.465. The molecule has 0 radical (unpaired) electrons. The van der Waals surface area contributed by atoms with Crippen LogP contribution in [0, 0.1) is 0 Å². The van der Waals surface area contributed by atoms with Crippen molar-refractivity contribution in [1.29, 1.82) is 0 Å². The zero-order valence-corrected chi connectivity index (χ0v) is 33.0. The van der Waals surface area contributed by atoms with Crippen molar-refractivity contribution in [3.8, 4) is 0 Å². The second-order valence-corrected chi connectivity index (χ2v) is 14.2. The minimum absolute atomic E-state index is 0.315. The van der Waals surface area contributed by atoms with E-state index in [4.69, 9.17) is 19.9 Å². The highest BCUT2D eigenvalue weighted by molar-refractivity contribution is 5.79. The number of nitrogens with one attached hydrogen (secondary N) is 1. The van der Waals surface area contributed by atoms with Gasteiger partial charge in [0.2, 0.25) is 5.91 Å². The van der Waals surface area contributed by atoms with Crippen molar-refractivity contribution < 1.29 is 19.0 Å². The normalized spacial score (nSPS) is 13.2. The number of ether oxygens (including phenoxy) is 3. The minimum atomic E-state index is -0.771. The second-order valence-electron chi connectivity index (χ2n) is 14.2. The number of hydrogen-bond acceptors (Lipinski definition) is 5. The van der Waals surface area contributed by atoms with Crippen molar-refractivity contribution in [3.05, 3.63) is 24.3 Å². The Balaban J connectivity index is 4.04.